The zero-order valence-electron chi connectivity index (χ0n) is 10.3. The summed E-state index contributed by atoms with van der Waals surface area (Å²) in [6.07, 6.45) is 2.62. The average molecular weight is 271 g/mol. The van der Waals surface area contributed by atoms with Gasteiger partial charge in [-0.15, -0.1) is 16.9 Å². The molecule has 0 saturated heterocycles. The number of aliphatic imine (C=N–C) groups is 1. The molecule has 3 rings (SSSR count). The quantitative estimate of drug-likeness (QED) is 0.859. The molecule has 0 unspecified atom stereocenters. The first-order valence-electron chi connectivity index (χ1n) is 5.98. The minimum absolute atomic E-state index is 0.162. The molecule has 0 radical (unpaired) electrons. The number of thioether (sulfide) groups is 1. The van der Waals surface area contributed by atoms with E-state index in [2.05, 4.69) is 40.0 Å². The van der Waals surface area contributed by atoms with Gasteiger partial charge in [-0.3, -0.25) is 4.99 Å². The molecule has 0 aliphatic carbocycles. The van der Waals surface area contributed by atoms with Crippen LogP contribution in [0, 0.1) is 0 Å². The van der Waals surface area contributed by atoms with Gasteiger partial charge < -0.3 is 5.11 Å². The van der Waals surface area contributed by atoms with Gasteiger partial charge in [0.1, 0.15) is 5.04 Å². The van der Waals surface area contributed by atoms with Crippen molar-refractivity contribution >= 4 is 28.7 Å². The molecule has 4 nitrogen and oxygen atoms in total. The Balaban J connectivity index is 1.69. The highest BCUT2D eigenvalue weighted by molar-refractivity contribution is 8.14. The fourth-order valence-electron chi connectivity index (χ4n) is 2.02. The van der Waals surface area contributed by atoms with Crippen LogP contribution in [0.15, 0.2) is 45.7 Å². The summed E-state index contributed by atoms with van der Waals surface area (Å²) < 4.78 is 0. The molecule has 96 valence electrons. The Morgan fingerprint density at radius 1 is 1.37 bits per heavy atom. The molecule has 0 saturated carbocycles. The molecule has 1 aromatic carbocycles. The first-order valence-corrected chi connectivity index (χ1v) is 6.97. The van der Waals surface area contributed by atoms with Crippen LogP contribution in [0.3, 0.4) is 0 Å². The highest BCUT2D eigenvalue weighted by atomic mass is 32.2. The lowest BCUT2D eigenvalue weighted by atomic mass is 10.0. The van der Waals surface area contributed by atoms with E-state index in [-0.39, 0.29) is 5.76 Å². The van der Waals surface area contributed by atoms with E-state index in [1.807, 2.05) is 6.21 Å². The van der Waals surface area contributed by atoms with Crippen LogP contribution >= 0.6 is 11.8 Å². The maximum Gasteiger partial charge on any atom is 0.102 e. The molecule has 1 aromatic rings. The standard InChI is InChI=1S/C14H13N3OS/c1-9(18)8-19-14-5-13(16-17-14)10-2-3-11-6-15-7-12(11)4-10/h2-4,7,18H,1,5-6,8H2. The largest absolute Gasteiger partial charge is 0.512 e. The highest BCUT2D eigenvalue weighted by Gasteiger charge is 2.17. The van der Waals surface area contributed by atoms with Crippen LogP contribution in [0.5, 0.6) is 0 Å². The first kappa shape index (κ1) is 12.2. The third-order valence-corrected chi connectivity index (χ3v) is 4.01. The topological polar surface area (TPSA) is 57.3 Å². The Bertz CT molecular complexity index is 632. The van der Waals surface area contributed by atoms with Gasteiger partial charge in [-0.1, -0.05) is 18.7 Å². The van der Waals surface area contributed by atoms with E-state index < -0.39 is 0 Å². The fraction of sp³-hybridized carbons (Fsp3) is 0.214. The number of nitrogens with zero attached hydrogens (tertiary/aromatic N) is 3. The van der Waals surface area contributed by atoms with Crippen molar-refractivity contribution in [3.05, 3.63) is 47.2 Å². The van der Waals surface area contributed by atoms with Crippen molar-refractivity contribution in [3.63, 3.8) is 0 Å². The minimum atomic E-state index is 0.162. The van der Waals surface area contributed by atoms with E-state index in [9.17, 15) is 0 Å². The van der Waals surface area contributed by atoms with Gasteiger partial charge >= 0.3 is 0 Å². The summed E-state index contributed by atoms with van der Waals surface area (Å²) in [5, 5.41) is 18.4. The molecule has 0 fully saturated rings. The Kier molecular flexibility index (Phi) is 3.21. The number of aliphatic hydroxyl groups excluding tert-OH is 1. The Morgan fingerprint density at radius 2 is 2.26 bits per heavy atom. The van der Waals surface area contributed by atoms with Gasteiger partial charge in [0, 0.05) is 12.6 Å². The summed E-state index contributed by atoms with van der Waals surface area (Å²) in [5.74, 6) is 0.633. The molecular weight excluding hydrogens is 258 g/mol. The van der Waals surface area contributed by atoms with Crippen molar-refractivity contribution in [2.24, 2.45) is 15.2 Å². The smallest absolute Gasteiger partial charge is 0.102 e. The van der Waals surface area contributed by atoms with Gasteiger partial charge in [-0.05, 0) is 22.8 Å². The highest BCUT2D eigenvalue weighted by Crippen LogP contribution is 2.22. The molecular formula is C14H13N3OS. The van der Waals surface area contributed by atoms with Crippen molar-refractivity contribution in [2.75, 3.05) is 5.75 Å². The van der Waals surface area contributed by atoms with Gasteiger partial charge in [0.15, 0.2) is 0 Å². The predicted octanol–water partition coefficient (Wildman–Crippen LogP) is 2.93. The summed E-state index contributed by atoms with van der Waals surface area (Å²) in [6.45, 7) is 4.24. The Morgan fingerprint density at radius 3 is 3.11 bits per heavy atom. The number of hydrogen-bond acceptors (Lipinski definition) is 5. The molecule has 5 heteroatoms. The molecule has 0 atom stereocenters. The predicted molar refractivity (Wildman–Crippen MR) is 80.6 cm³/mol. The summed E-state index contributed by atoms with van der Waals surface area (Å²) in [6, 6.07) is 6.28. The second-order valence-electron chi connectivity index (χ2n) is 4.46. The van der Waals surface area contributed by atoms with Crippen LogP contribution in [0.4, 0.5) is 0 Å². The number of fused-ring (bicyclic) bond motifs is 1. The van der Waals surface area contributed by atoms with Crippen molar-refractivity contribution in [1.82, 2.24) is 0 Å². The van der Waals surface area contributed by atoms with Crippen LogP contribution < -0.4 is 0 Å². The molecule has 2 aliphatic heterocycles. The van der Waals surface area contributed by atoms with Crippen molar-refractivity contribution in [3.8, 4) is 0 Å². The summed E-state index contributed by atoms with van der Waals surface area (Å²) in [4.78, 5) is 4.25. The monoisotopic (exact) mass is 271 g/mol. The molecule has 1 N–H and O–H groups in total. The van der Waals surface area contributed by atoms with E-state index in [4.69, 9.17) is 5.11 Å². The Hall–Kier alpha value is -1.88. The van der Waals surface area contributed by atoms with Crippen LogP contribution in [0.25, 0.3) is 0 Å². The van der Waals surface area contributed by atoms with E-state index >= 15 is 0 Å². The van der Waals surface area contributed by atoms with Crippen LogP contribution in [-0.4, -0.2) is 27.8 Å². The van der Waals surface area contributed by atoms with Crippen molar-refractivity contribution in [1.29, 1.82) is 0 Å². The van der Waals surface area contributed by atoms with Gasteiger partial charge in [-0.25, -0.2) is 0 Å². The molecule has 2 aliphatic rings. The second-order valence-corrected chi connectivity index (χ2v) is 5.50. The molecule has 19 heavy (non-hydrogen) atoms. The van der Waals surface area contributed by atoms with Gasteiger partial charge in [0.25, 0.3) is 0 Å². The van der Waals surface area contributed by atoms with Gasteiger partial charge in [-0.2, -0.15) is 5.10 Å². The van der Waals surface area contributed by atoms with E-state index in [0.717, 1.165) is 22.9 Å². The van der Waals surface area contributed by atoms with Crippen molar-refractivity contribution < 1.29 is 5.11 Å². The summed E-state index contributed by atoms with van der Waals surface area (Å²) in [7, 11) is 0. The van der Waals surface area contributed by atoms with E-state index in [1.165, 1.54) is 22.9 Å². The van der Waals surface area contributed by atoms with Crippen LogP contribution in [-0.2, 0) is 6.54 Å². The number of aliphatic hydroxyl groups is 1. The lowest BCUT2D eigenvalue weighted by Crippen LogP contribution is -2.03. The third-order valence-electron chi connectivity index (χ3n) is 2.98. The molecule has 0 spiro atoms. The summed E-state index contributed by atoms with van der Waals surface area (Å²) >= 11 is 1.48. The number of hydrogen-bond donors (Lipinski definition) is 1. The zero-order valence-corrected chi connectivity index (χ0v) is 11.2. The van der Waals surface area contributed by atoms with E-state index in [1.54, 1.807) is 0 Å². The van der Waals surface area contributed by atoms with Crippen LogP contribution in [0.2, 0.25) is 0 Å². The SMILES string of the molecule is C=C(O)CSC1=NN=C(c2ccc3c(c2)C=NC3)C1. The molecule has 0 aromatic heterocycles. The maximum atomic E-state index is 9.08. The average Bonchev–Trinajstić information content (AvgIpc) is 3.04. The zero-order chi connectivity index (χ0) is 13.2. The first-order chi connectivity index (χ1) is 9.22. The normalized spacial score (nSPS) is 16.2. The second kappa shape index (κ2) is 5.01. The fourth-order valence-corrected chi connectivity index (χ4v) is 2.69. The lowest BCUT2D eigenvalue weighted by Gasteiger charge is -2.03. The number of rotatable bonds is 3. The summed E-state index contributed by atoms with van der Waals surface area (Å²) in [5.41, 5.74) is 4.49. The van der Waals surface area contributed by atoms with E-state index in [0.29, 0.717) is 12.2 Å². The van der Waals surface area contributed by atoms with Gasteiger partial charge in [0.2, 0.25) is 0 Å². The van der Waals surface area contributed by atoms with Crippen LogP contribution in [0.1, 0.15) is 23.1 Å². The Labute approximate surface area is 115 Å². The third kappa shape index (κ3) is 2.61. The minimum Gasteiger partial charge on any atom is -0.512 e. The molecule has 0 amide bonds. The van der Waals surface area contributed by atoms with Gasteiger partial charge in [0.05, 0.1) is 23.8 Å². The maximum absolute atomic E-state index is 9.08. The number of benzene rings is 1. The molecule has 0 bridgehead atoms. The lowest BCUT2D eigenvalue weighted by molar-refractivity contribution is 0.420. The van der Waals surface area contributed by atoms with Crippen molar-refractivity contribution in [2.45, 2.75) is 13.0 Å². The molecule has 2 heterocycles.